The molecule has 1 fully saturated rings. The Morgan fingerprint density at radius 3 is 2.75 bits per heavy atom. The lowest BCUT2D eigenvalue weighted by Gasteiger charge is -2.34. The molecule has 10 nitrogen and oxygen atoms in total. The molecule has 1 saturated heterocycles. The molecule has 5 heterocycles. The van der Waals surface area contributed by atoms with Gasteiger partial charge in [0.2, 0.25) is 5.91 Å². The first-order valence-corrected chi connectivity index (χ1v) is 12.1. The van der Waals surface area contributed by atoms with Crippen LogP contribution < -0.4 is 10.2 Å². The normalized spacial score (nSPS) is 14.6. The van der Waals surface area contributed by atoms with E-state index in [9.17, 15) is 4.79 Å². The molecule has 1 aliphatic rings. The molecule has 0 unspecified atom stereocenters. The minimum atomic E-state index is -0.0551. The third kappa shape index (κ3) is 4.05. The number of nitrogens with zero attached hydrogens (tertiary/aromatic N) is 6. The fraction of sp³-hybridized carbons (Fsp3) is 0.269. The number of piperazine rings is 1. The second kappa shape index (κ2) is 9.04. The molecule has 1 amide bonds. The second-order valence-electron chi connectivity index (χ2n) is 9.11. The summed E-state index contributed by atoms with van der Waals surface area (Å²) < 4.78 is 0. The lowest BCUT2D eigenvalue weighted by atomic mass is 10.1. The number of aromatic nitrogens is 6. The van der Waals surface area contributed by atoms with E-state index in [0.29, 0.717) is 17.8 Å². The maximum absolute atomic E-state index is 11.8. The molecule has 0 bridgehead atoms. The van der Waals surface area contributed by atoms with Gasteiger partial charge in [0.05, 0.1) is 28.5 Å². The minimum Gasteiger partial charge on any atom is -0.367 e. The number of anilines is 2. The molecule has 182 valence electrons. The fourth-order valence-corrected chi connectivity index (χ4v) is 4.59. The molecule has 0 spiro atoms. The summed E-state index contributed by atoms with van der Waals surface area (Å²) in [5, 5.41) is 11.2. The first-order valence-electron chi connectivity index (χ1n) is 12.1. The van der Waals surface area contributed by atoms with E-state index in [1.807, 2.05) is 19.1 Å². The van der Waals surface area contributed by atoms with Crippen LogP contribution in [-0.4, -0.2) is 74.2 Å². The molecule has 4 aromatic heterocycles. The minimum absolute atomic E-state index is 0.0551. The lowest BCUT2D eigenvalue weighted by molar-refractivity contribution is -0.115. The van der Waals surface area contributed by atoms with Gasteiger partial charge in [0, 0.05) is 56.1 Å². The van der Waals surface area contributed by atoms with Crippen molar-refractivity contribution in [1.29, 1.82) is 0 Å². The van der Waals surface area contributed by atoms with Crippen LogP contribution in [0, 0.1) is 0 Å². The van der Waals surface area contributed by atoms with Crippen LogP contribution in [0.15, 0.2) is 48.9 Å². The number of para-hydroxylation sites is 1. The summed E-state index contributed by atoms with van der Waals surface area (Å²) in [7, 11) is 2.16. The van der Waals surface area contributed by atoms with E-state index < -0.39 is 0 Å². The van der Waals surface area contributed by atoms with Gasteiger partial charge in [-0.3, -0.25) is 14.9 Å². The van der Waals surface area contributed by atoms with Gasteiger partial charge < -0.3 is 20.1 Å². The number of imidazole rings is 1. The van der Waals surface area contributed by atoms with Crippen molar-refractivity contribution in [2.75, 3.05) is 43.4 Å². The van der Waals surface area contributed by atoms with Crippen LogP contribution in [-0.2, 0) is 4.79 Å². The van der Waals surface area contributed by atoms with E-state index in [2.05, 4.69) is 65.5 Å². The van der Waals surface area contributed by atoms with Crippen LogP contribution in [0.25, 0.3) is 44.7 Å². The quantitative estimate of drug-likeness (QED) is 0.350. The number of carbonyl (C=O) groups is 1. The largest absolute Gasteiger partial charge is 0.367 e. The van der Waals surface area contributed by atoms with Crippen molar-refractivity contribution in [2.45, 2.75) is 13.3 Å². The summed E-state index contributed by atoms with van der Waals surface area (Å²) in [6.45, 7) is 5.84. The van der Waals surface area contributed by atoms with Gasteiger partial charge in [0.1, 0.15) is 11.2 Å². The number of benzene rings is 1. The van der Waals surface area contributed by atoms with Crippen LogP contribution in [0.2, 0.25) is 0 Å². The molecule has 5 aromatic rings. The summed E-state index contributed by atoms with van der Waals surface area (Å²) in [4.78, 5) is 33.8. The standard InChI is InChI=1S/C26H27N9O/c1-3-22(36)29-18-11-16(13-27-15-18)17-12-19-23(32-33-25(19)28-14-17)26-30-20-5-4-6-21(24(20)31-26)35-9-7-34(2)8-10-35/h4-6,11-15H,3,7-10H2,1-2H3,(H,29,36)(H,30,31)(H,28,32,33). The Morgan fingerprint density at radius 1 is 1.08 bits per heavy atom. The summed E-state index contributed by atoms with van der Waals surface area (Å²) in [5.41, 5.74) is 6.85. The van der Waals surface area contributed by atoms with Gasteiger partial charge in [-0.25, -0.2) is 9.97 Å². The highest BCUT2D eigenvalue weighted by Gasteiger charge is 2.20. The van der Waals surface area contributed by atoms with Crippen molar-refractivity contribution in [3.8, 4) is 22.6 Å². The first-order chi connectivity index (χ1) is 17.6. The first kappa shape index (κ1) is 22.2. The number of H-pyrrole nitrogens is 2. The molecule has 0 saturated carbocycles. The van der Waals surface area contributed by atoms with Crippen molar-refractivity contribution in [2.24, 2.45) is 0 Å². The molecule has 3 N–H and O–H groups in total. The topological polar surface area (TPSA) is 119 Å². The molecular formula is C26H27N9O. The number of hydrogen-bond donors (Lipinski definition) is 3. The van der Waals surface area contributed by atoms with E-state index >= 15 is 0 Å². The molecule has 0 radical (unpaired) electrons. The number of likely N-dealkylation sites (N-methyl/N-ethyl adjacent to an activating group) is 1. The van der Waals surface area contributed by atoms with Crippen molar-refractivity contribution >= 4 is 39.3 Å². The van der Waals surface area contributed by atoms with E-state index in [1.54, 1.807) is 18.6 Å². The Balaban J connectivity index is 1.38. The van der Waals surface area contributed by atoms with E-state index in [1.165, 1.54) is 0 Å². The molecule has 0 aliphatic carbocycles. The van der Waals surface area contributed by atoms with Gasteiger partial charge in [0.15, 0.2) is 11.5 Å². The average Bonchev–Trinajstić information content (AvgIpc) is 3.53. The molecule has 1 aromatic carbocycles. The fourth-order valence-electron chi connectivity index (χ4n) is 4.59. The van der Waals surface area contributed by atoms with Crippen LogP contribution in [0.4, 0.5) is 11.4 Å². The Labute approximate surface area is 207 Å². The Kier molecular flexibility index (Phi) is 5.57. The predicted molar refractivity (Wildman–Crippen MR) is 141 cm³/mol. The maximum Gasteiger partial charge on any atom is 0.224 e. The summed E-state index contributed by atoms with van der Waals surface area (Å²) in [5.74, 6) is 0.663. The number of hydrogen-bond acceptors (Lipinski definition) is 7. The van der Waals surface area contributed by atoms with Gasteiger partial charge in [-0.05, 0) is 31.3 Å². The molecule has 6 rings (SSSR count). The predicted octanol–water partition coefficient (Wildman–Crippen LogP) is 3.66. The van der Waals surface area contributed by atoms with E-state index in [0.717, 1.165) is 70.9 Å². The maximum atomic E-state index is 11.8. The van der Waals surface area contributed by atoms with Crippen LogP contribution in [0.3, 0.4) is 0 Å². The molecule has 1 aliphatic heterocycles. The van der Waals surface area contributed by atoms with E-state index in [-0.39, 0.29) is 5.91 Å². The zero-order chi connectivity index (χ0) is 24.6. The zero-order valence-electron chi connectivity index (χ0n) is 20.2. The number of carbonyl (C=O) groups excluding carboxylic acids is 1. The highest BCUT2D eigenvalue weighted by Crippen LogP contribution is 2.32. The summed E-state index contributed by atoms with van der Waals surface area (Å²) in [6.07, 6.45) is 5.57. The van der Waals surface area contributed by atoms with Gasteiger partial charge in [-0.15, -0.1) is 0 Å². The van der Waals surface area contributed by atoms with Gasteiger partial charge in [0.25, 0.3) is 0 Å². The zero-order valence-corrected chi connectivity index (χ0v) is 20.2. The number of fused-ring (bicyclic) bond motifs is 2. The van der Waals surface area contributed by atoms with Crippen molar-refractivity contribution in [3.05, 3.63) is 48.9 Å². The van der Waals surface area contributed by atoms with Gasteiger partial charge in [-0.2, -0.15) is 5.10 Å². The Hall–Kier alpha value is -4.31. The summed E-state index contributed by atoms with van der Waals surface area (Å²) in [6, 6.07) is 10.2. The average molecular weight is 482 g/mol. The Bertz CT molecular complexity index is 1560. The number of pyridine rings is 2. The van der Waals surface area contributed by atoms with Crippen molar-refractivity contribution in [1.82, 2.24) is 35.0 Å². The lowest BCUT2D eigenvalue weighted by Crippen LogP contribution is -2.44. The molecule has 0 atom stereocenters. The van der Waals surface area contributed by atoms with Crippen LogP contribution in [0.1, 0.15) is 13.3 Å². The summed E-state index contributed by atoms with van der Waals surface area (Å²) >= 11 is 0. The highest BCUT2D eigenvalue weighted by atomic mass is 16.1. The van der Waals surface area contributed by atoms with Crippen LogP contribution >= 0.6 is 0 Å². The molecular weight excluding hydrogens is 454 g/mol. The highest BCUT2D eigenvalue weighted by molar-refractivity contribution is 5.96. The van der Waals surface area contributed by atoms with E-state index in [4.69, 9.17) is 4.98 Å². The monoisotopic (exact) mass is 481 g/mol. The number of nitrogens with one attached hydrogen (secondary N) is 3. The van der Waals surface area contributed by atoms with Gasteiger partial charge >= 0.3 is 0 Å². The van der Waals surface area contributed by atoms with Crippen molar-refractivity contribution < 1.29 is 4.79 Å². The van der Waals surface area contributed by atoms with Crippen LogP contribution in [0.5, 0.6) is 0 Å². The SMILES string of the molecule is CCC(=O)Nc1cncc(-c2cnc3n[nH]c(-c4nc5c(N6CCN(C)CC6)cccc5[nH]4)c3c2)c1. The number of amides is 1. The smallest absolute Gasteiger partial charge is 0.224 e. The number of rotatable bonds is 5. The van der Waals surface area contributed by atoms with Crippen molar-refractivity contribution in [3.63, 3.8) is 0 Å². The van der Waals surface area contributed by atoms with Gasteiger partial charge in [-0.1, -0.05) is 13.0 Å². The third-order valence-electron chi connectivity index (χ3n) is 6.66. The third-order valence-corrected chi connectivity index (χ3v) is 6.66. The molecule has 10 heteroatoms. The molecule has 36 heavy (non-hydrogen) atoms. The number of aromatic amines is 2. The Morgan fingerprint density at radius 2 is 1.92 bits per heavy atom. The second-order valence-corrected chi connectivity index (χ2v) is 9.11.